The average Bonchev–Trinajstić information content (AvgIpc) is 2.02. The van der Waals surface area contributed by atoms with Crippen molar-refractivity contribution in [3.63, 3.8) is 0 Å². The van der Waals surface area contributed by atoms with E-state index < -0.39 is 0 Å². The summed E-state index contributed by atoms with van der Waals surface area (Å²) in [5.74, 6) is 0.620. The van der Waals surface area contributed by atoms with Crippen molar-refractivity contribution >= 4 is 34.7 Å². The van der Waals surface area contributed by atoms with Crippen molar-refractivity contribution in [2.75, 3.05) is 5.88 Å². The number of alkyl halides is 1. The standard InChI is InChI=1S/C9H10Cl2N2/c1-6-2-7(11)4-8(3-6)13-9(12)5-10/h2-4H,5H2,1H3,(H2,12,13). The topological polar surface area (TPSA) is 38.4 Å². The highest BCUT2D eigenvalue weighted by Gasteiger charge is 1.96. The molecule has 13 heavy (non-hydrogen) atoms. The minimum Gasteiger partial charge on any atom is -0.386 e. The van der Waals surface area contributed by atoms with Gasteiger partial charge in [0.2, 0.25) is 0 Å². The maximum Gasteiger partial charge on any atom is 0.115 e. The lowest BCUT2D eigenvalue weighted by Crippen LogP contribution is -2.12. The lowest BCUT2D eigenvalue weighted by atomic mass is 10.2. The first-order valence-corrected chi connectivity index (χ1v) is 4.69. The Morgan fingerprint density at radius 1 is 1.46 bits per heavy atom. The van der Waals surface area contributed by atoms with E-state index in [1.54, 1.807) is 6.07 Å². The molecule has 1 aromatic rings. The molecular formula is C9H10Cl2N2. The summed E-state index contributed by atoms with van der Waals surface area (Å²) < 4.78 is 0. The molecule has 1 rings (SSSR count). The third kappa shape index (κ3) is 3.25. The second-order valence-corrected chi connectivity index (χ2v) is 3.43. The van der Waals surface area contributed by atoms with Crippen LogP contribution in [0.4, 0.5) is 5.69 Å². The predicted octanol–water partition coefficient (Wildman–Crippen LogP) is 2.88. The monoisotopic (exact) mass is 216 g/mol. The highest BCUT2D eigenvalue weighted by atomic mass is 35.5. The van der Waals surface area contributed by atoms with Gasteiger partial charge in [-0.3, -0.25) is 0 Å². The van der Waals surface area contributed by atoms with Crippen LogP contribution in [0, 0.1) is 6.92 Å². The number of nitrogens with zero attached hydrogens (tertiary/aromatic N) is 1. The Balaban J connectivity index is 3.02. The van der Waals surface area contributed by atoms with E-state index in [9.17, 15) is 0 Å². The highest BCUT2D eigenvalue weighted by molar-refractivity contribution is 6.31. The van der Waals surface area contributed by atoms with E-state index in [4.69, 9.17) is 28.9 Å². The lowest BCUT2D eigenvalue weighted by Gasteiger charge is -1.99. The van der Waals surface area contributed by atoms with E-state index in [2.05, 4.69) is 4.99 Å². The molecular weight excluding hydrogens is 207 g/mol. The molecule has 0 saturated carbocycles. The molecule has 0 atom stereocenters. The van der Waals surface area contributed by atoms with Gasteiger partial charge in [0.15, 0.2) is 0 Å². The number of hydrogen-bond acceptors (Lipinski definition) is 1. The van der Waals surface area contributed by atoms with Gasteiger partial charge >= 0.3 is 0 Å². The fourth-order valence-corrected chi connectivity index (χ4v) is 1.32. The second-order valence-electron chi connectivity index (χ2n) is 2.72. The largest absolute Gasteiger partial charge is 0.386 e. The fourth-order valence-electron chi connectivity index (χ4n) is 0.977. The molecule has 4 heteroatoms. The number of hydrogen-bond donors (Lipinski definition) is 1. The van der Waals surface area contributed by atoms with Gasteiger partial charge in [0.1, 0.15) is 5.84 Å². The predicted molar refractivity (Wildman–Crippen MR) is 58.2 cm³/mol. The molecule has 2 nitrogen and oxygen atoms in total. The normalized spacial score (nSPS) is 11.8. The second kappa shape index (κ2) is 4.49. The van der Waals surface area contributed by atoms with Crippen molar-refractivity contribution in [1.82, 2.24) is 0 Å². The first-order chi connectivity index (χ1) is 6.11. The molecule has 0 aliphatic heterocycles. The van der Waals surface area contributed by atoms with Crippen LogP contribution in [0.2, 0.25) is 5.02 Å². The summed E-state index contributed by atoms with van der Waals surface area (Å²) >= 11 is 11.3. The summed E-state index contributed by atoms with van der Waals surface area (Å²) in [7, 11) is 0. The minimum atomic E-state index is 0.228. The van der Waals surface area contributed by atoms with Crippen molar-refractivity contribution in [2.24, 2.45) is 10.7 Å². The summed E-state index contributed by atoms with van der Waals surface area (Å²) in [4.78, 5) is 4.08. The minimum absolute atomic E-state index is 0.228. The van der Waals surface area contributed by atoms with E-state index in [-0.39, 0.29) is 5.88 Å². The van der Waals surface area contributed by atoms with Crippen LogP contribution in [-0.2, 0) is 0 Å². The van der Waals surface area contributed by atoms with Crippen molar-refractivity contribution in [1.29, 1.82) is 0 Å². The number of rotatable bonds is 2. The molecule has 1 aromatic carbocycles. The van der Waals surface area contributed by atoms with Gasteiger partial charge in [-0.15, -0.1) is 11.6 Å². The Kier molecular flexibility index (Phi) is 3.58. The third-order valence-corrected chi connectivity index (χ3v) is 1.93. The van der Waals surface area contributed by atoms with E-state index >= 15 is 0 Å². The molecule has 0 aliphatic rings. The van der Waals surface area contributed by atoms with Crippen molar-refractivity contribution in [2.45, 2.75) is 6.92 Å². The number of benzene rings is 1. The van der Waals surface area contributed by atoms with Gasteiger partial charge in [0.05, 0.1) is 11.6 Å². The van der Waals surface area contributed by atoms with Crippen molar-refractivity contribution in [3.05, 3.63) is 28.8 Å². The molecule has 0 bridgehead atoms. The summed E-state index contributed by atoms with van der Waals surface area (Å²) in [6.45, 7) is 1.95. The Morgan fingerprint density at radius 3 is 2.69 bits per heavy atom. The first-order valence-electron chi connectivity index (χ1n) is 3.78. The molecule has 2 N–H and O–H groups in total. The summed E-state index contributed by atoms with van der Waals surface area (Å²) in [6, 6.07) is 5.50. The molecule has 0 aliphatic carbocycles. The Labute approximate surface area is 87.4 Å². The van der Waals surface area contributed by atoms with Gasteiger partial charge < -0.3 is 5.73 Å². The Morgan fingerprint density at radius 2 is 2.15 bits per heavy atom. The van der Waals surface area contributed by atoms with Crippen molar-refractivity contribution < 1.29 is 0 Å². The van der Waals surface area contributed by atoms with Crippen LogP contribution >= 0.6 is 23.2 Å². The fraction of sp³-hybridized carbons (Fsp3) is 0.222. The van der Waals surface area contributed by atoms with E-state index in [0.717, 1.165) is 11.3 Å². The van der Waals surface area contributed by atoms with Crippen molar-refractivity contribution in [3.8, 4) is 0 Å². The number of halogens is 2. The van der Waals surface area contributed by atoms with E-state index in [1.165, 1.54) is 0 Å². The molecule has 0 unspecified atom stereocenters. The number of aryl methyl sites for hydroxylation is 1. The first kappa shape index (κ1) is 10.4. The molecule has 0 spiro atoms. The zero-order chi connectivity index (χ0) is 9.84. The number of amidine groups is 1. The van der Waals surface area contributed by atoms with Gasteiger partial charge in [0.25, 0.3) is 0 Å². The van der Waals surface area contributed by atoms with Gasteiger partial charge in [-0.05, 0) is 30.7 Å². The maximum atomic E-state index is 5.83. The molecule has 0 saturated heterocycles. The van der Waals surface area contributed by atoms with Crippen LogP contribution in [0.3, 0.4) is 0 Å². The van der Waals surface area contributed by atoms with Gasteiger partial charge in [0, 0.05) is 5.02 Å². The van der Waals surface area contributed by atoms with Gasteiger partial charge in [-0.1, -0.05) is 11.6 Å². The Hall–Kier alpha value is -0.730. The molecule has 0 amide bonds. The maximum absolute atomic E-state index is 5.83. The molecule has 0 heterocycles. The summed E-state index contributed by atoms with van der Waals surface area (Å²) in [5, 5.41) is 0.654. The highest BCUT2D eigenvalue weighted by Crippen LogP contribution is 2.20. The van der Waals surface area contributed by atoms with Crippen LogP contribution in [0.25, 0.3) is 0 Å². The van der Waals surface area contributed by atoms with Crippen LogP contribution in [-0.4, -0.2) is 11.7 Å². The van der Waals surface area contributed by atoms with Crippen LogP contribution in [0.15, 0.2) is 23.2 Å². The van der Waals surface area contributed by atoms with E-state index in [1.807, 2.05) is 19.1 Å². The SMILES string of the molecule is Cc1cc(Cl)cc(N=C(N)CCl)c1. The van der Waals surface area contributed by atoms with E-state index in [0.29, 0.717) is 10.9 Å². The molecule has 0 aromatic heterocycles. The molecule has 0 fully saturated rings. The Bertz CT molecular complexity index is 314. The average molecular weight is 217 g/mol. The molecule has 0 radical (unpaired) electrons. The van der Waals surface area contributed by atoms with Crippen LogP contribution < -0.4 is 5.73 Å². The van der Waals surface area contributed by atoms with Crippen LogP contribution in [0.1, 0.15) is 5.56 Å². The summed E-state index contributed by atoms with van der Waals surface area (Å²) in [6.07, 6.45) is 0. The van der Waals surface area contributed by atoms with Gasteiger partial charge in [-0.25, -0.2) is 4.99 Å². The lowest BCUT2D eigenvalue weighted by molar-refractivity contribution is 1.40. The smallest absolute Gasteiger partial charge is 0.115 e. The van der Waals surface area contributed by atoms with Crippen LogP contribution in [0.5, 0.6) is 0 Å². The zero-order valence-corrected chi connectivity index (χ0v) is 8.73. The number of nitrogens with two attached hydrogens (primary N) is 1. The zero-order valence-electron chi connectivity index (χ0n) is 7.22. The summed E-state index contributed by atoms with van der Waals surface area (Å²) in [5.41, 5.74) is 7.27. The quantitative estimate of drug-likeness (QED) is 0.461. The van der Waals surface area contributed by atoms with Gasteiger partial charge in [-0.2, -0.15) is 0 Å². The molecule has 70 valence electrons. The third-order valence-electron chi connectivity index (χ3n) is 1.44. The number of aliphatic imine (C=N–C) groups is 1.